The second kappa shape index (κ2) is 9.77. The summed E-state index contributed by atoms with van der Waals surface area (Å²) in [6, 6.07) is 12.8. The minimum absolute atomic E-state index is 0. The summed E-state index contributed by atoms with van der Waals surface area (Å²) in [5, 5.41) is 6.16. The SMILES string of the molecule is COc1ccc(NS(=O)(=O)c2cccc(C(=O)NCC3CCCN3)c2)cc1.Cl. The molecule has 0 saturated carbocycles. The third-order valence-corrected chi connectivity index (χ3v) is 5.80. The third-order valence-electron chi connectivity index (χ3n) is 4.42. The van der Waals surface area contributed by atoms with Crippen molar-refractivity contribution in [2.75, 3.05) is 24.9 Å². The molecule has 2 aromatic carbocycles. The lowest BCUT2D eigenvalue weighted by Crippen LogP contribution is -2.37. The second-order valence-corrected chi connectivity index (χ2v) is 8.05. The number of anilines is 1. The Balaban J connectivity index is 0.00000280. The molecule has 1 atom stereocenters. The number of benzene rings is 2. The topological polar surface area (TPSA) is 96.5 Å². The second-order valence-electron chi connectivity index (χ2n) is 6.37. The van der Waals surface area contributed by atoms with E-state index in [1.807, 2.05) is 0 Å². The lowest BCUT2D eigenvalue weighted by Gasteiger charge is -2.12. The molecule has 0 bridgehead atoms. The van der Waals surface area contributed by atoms with Crippen LogP contribution in [0, 0.1) is 0 Å². The van der Waals surface area contributed by atoms with E-state index in [0.29, 0.717) is 23.5 Å². The van der Waals surface area contributed by atoms with E-state index < -0.39 is 10.0 Å². The molecule has 1 heterocycles. The molecule has 0 spiro atoms. The molecule has 1 aliphatic rings. The van der Waals surface area contributed by atoms with Gasteiger partial charge in [-0.3, -0.25) is 9.52 Å². The molecule has 1 fully saturated rings. The molecule has 1 saturated heterocycles. The van der Waals surface area contributed by atoms with Gasteiger partial charge in [-0.1, -0.05) is 6.07 Å². The number of ether oxygens (including phenoxy) is 1. The maximum atomic E-state index is 12.6. The summed E-state index contributed by atoms with van der Waals surface area (Å²) >= 11 is 0. The van der Waals surface area contributed by atoms with Crippen LogP contribution in [-0.4, -0.2) is 40.6 Å². The van der Waals surface area contributed by atoms with Crippen molar-refractivity contribution in [3.05, 3.63) is 54.1 Å². The molecular weight excluding hydrogens is 402 g/mol. The van der Waals surface area contributed by atoms with Gasteiger partial charge in [-0.25, -0.2) is 8.42 Å². The van der Waals surface area contributed by atoms with Gasteiger partial charge in [0.2, 0.25) is 0 Å². The van der Waals surface area contributed by atoms with Crippen LogP contribution in [0.5, 0.6) is 5.75 Å². The number of carbonyl (C=O) groups excluding carboxylic acids is 1. The van der Waals surface area contributed by atoms with Crippen LogP contribution in [0.15, 0.2) is 53.4 Å². The van der Waals surface area contributed by atoms with Gasteiger partial charge in [0.05, 0.1) is 12.0 Å². The monoisotopic (exact) mass is 425 g/mol. The maximum absolute atomic E-state index is 12.6. The highest BCUT2D eigenvalue weighted by Gasteiger charge is 2.18. The summed E-state index contributed by atoms with van der Waals surface area (Å²) in [5.74, 6) is 0.346. The van der Waals surface area contributed by atoms with Crippen molar-refractivity contribution < 1.29 is 17.9 Å². The van der Waals surface area contributed by atoms with Crippen molar-refractivity contribution in [1.82, 2.24) is 10.6 Å². The molecule has 28 heavy (non-hydrogen) atoms. The average molecular weight is 426 g/mol. The van der Waals surface area contributed by atoms with E-state index in [0.717, 1.165) is 19.4 Å². The number of carbonyl (C=O) groups is 1. The van der Waals surface area contributed by atoms with Crippen LogP contribution in [0.4, 0.5) is 5.69 Å². The Morgan fingerprint density at radius 3 is 2.61 bits per heavy atom. The van der Waals surface area contributed by atoms with Gasteiger partial charge in [0.25, 0.3) is 15.9 Å². The molecular formula is C19H24ClN3O4S. The fraction of sp³-hybridized carbons (Fsp3) is 0.316. The average Bonchev–Trinajstić information content (AvgIpc) is 3.20. The summed E-state index contributed by atoms with van der Waals surface area (Å²) in [6.45, 7) is 1.49. The van der Waals surface area contributed by atoms with Crippen LogP contribution >= 0.6 is 12.4 Å². The maximum Gasteiger partial charge on any atom is 0.261 e. The number of methoxy groups -OCH3 is 1. The molecule has 3 N–H and O–H groups in total. The van der Waals surface area contributed by atoms with Gasteiger partial charge in [-0.15, -0.1) is 12.4 Å². The van der Waals surface area contributed by atoms with Crippen molar-refractivity contribution in [1.29, 1.82) is 0 Å². The van der Waals surface area contributed by atoms with Crippen LogP contribution in [0.3, 0.4) is 0 Å². The predicted molar refractivity (Wildman–Crippen MR) is 111 cm³/mol. The molecule has 1 unspecified atom stereocenters. The molecule has 1 aliphatic heterocycles. The number of rotatable bonds is 7. The van der Waals surface area contributed by atoms with Crippen molar-refractivity contribution in [2.45, 2.75) is 23.8 Å². The zero-order valence-electron chi connectivity index (χ0n) is 15.5. The van der Waals surface area contributed by atoms with Gasteiger partial charge in [-0.2, -0.15) is 0 Å². The quantitative estimate of drug-likeness (QED) is 0.633. The van der Waals surface area contributed by atoms with Crippen LogP contribution < -0.4 is 20.1 Å². The lowest BCUT2D eigenvalue weighted by atomic mass is 10.2. The molecule has 2 aromatic rings. The summed E-state index contributed by atoms with van der Waals surface area (Å²) in [5.41, 5.74) is 0.726. The predicted octanol–water partition coefficient (Wildman–Crippen LogP) is 2.40. The van der Waals surface area contributed by atoms with E-state index in [9.17, 15) is 13.2 Å². The van der Waals surface area contributed by atoms with Crippen molar-refractivity contribution in [2.24, 2.45) is 0 Å². The first-order valence-corrected chi connectivity index (χ1v) is 10.2. The Hall–Kier alpha value is -2.29. The van der Waals surface area contributed by atoms with Crippen LogP contribution in [0.25, 0.3) is 0 Å². The van der Waals surface area contributed by atoms with Gasteiger partial charge in [0.15, 0.2) is 0 Å². The number of hydrogen-bond donors (Lipinski definition) is 3. The Labute approximate surface area is 171 Å². The van der Waals surface area contributed by atoms with E-state index in [4.69, 9.17) is 4.74 Å². The number of halogens is 1. The Kier molecular flexibility index (Phi) is 7.68. The zero-order valence-corrected chi connectivity index (χ0v) is 17.1. The number of hydrogen-bond acceptors (Lipinski definition) is 5. The van der Waals surface area contributed by atoms with Gasteiger partial charge in [0.1, 0.15) is 5.75 Å². The van der Waals surface area contributed by atoms with Crippen LogP contribution in [0.2, 0.25) is 0 Å². The van der Waals surface area contributed by atoms with Crippen molar-refractivity contribution >= 4 is 34.0 Å². The van der Waals surface area contributed by atoms with Gasteiger partial charge >= 0.3 is 0 Å². The minimum atomic E-state index is -3.80. The summed E-state index contributed by atoms with van der Waals surface area (Å²) < 4.78 is 32.8. The highest BCUT2D eigenvalue weighted by atomic mass is 35.5. The fourth-order valence-corrected chi connectivity index (χ4v) is 4.03. The number of amides is 1. The first-order valence-electron chi connectivity index (χ1n) is 8.76. The lowest BCUT2D eigenvalue weighted by molar-refractivity contribution is 0.0950. The molecule has 3 rings (SSSR count). The molecule has 1 amide bonds. The van der Waals surface area contributed by atoms with Gasteiger partial charge < -0.3 is 15.4 Å². The largest absolute Gasteiger partial charge is 0.497 e. The highest BCUT2D eigenvalue weighted by molar-refractivity contribution is 7.92. The summed E-state index contributed by atoms with van der Waals surface area (Å²) in [7, 11) is -2.26. The third kappa shape index (κ3) is 5.60. The van der Waals surface area contributed by atoms with E-state index in [-0.39, 0.29) is 29.3 Å². The van der Waals surface area contributed by atoms with Gasteiger partial charge in [-0.05, 0) is 61.9 Å². The number of sulfonamides is 1. The number of nitrogens with one attached hydrogen (secondary N) is 3. The summed E-state index contributed by atoms with van der Waals surface area (Å²) in [4.78, 5) is 12.4. The fourth-order valence-electron chi connectivity index (χ4n) is 2.93. The van der Waals surface area contributed by atoms with Gasteiger partial charge in [0, 0.05) is 23.8 Å². The van der Waals surface area contributed by atoms with Crippen LogP contribution in [-0.2, 0) is 10.0 Å². The first-order chi connectivity index (χ1) is 13.0. The Morgan fingerprint density at radius 1 is 1.21 bits per heavy atom. The van der Waals surface area contributed by atoms with E-state index in [1.54, 1.807) is 43.5 Å². The van der Waals surface area contributed by atoms with E-state index in [2.05, 4.69) is 15.4 Å². The van der Waals surface area contributed by atoms with E-state index in [1.165, 1.54) is 12.1 Å². The molecule has 9 heteroatoms. The van der Waals surface area contributed by atoms with Crippen molar-refractivity contribution in [3.63, 3.8) is 0 Å². The summed E-state index contributed by atoms with van der Waals surface area (Å²) in [6.07, 6.45) is 2.13. The molecule has 152 valence electrons. The normalized spacial score (nSPS) is 16.1. The highest BCUT2D eigenvalue weighted by Crippen LogP contribution is 2.20. The van der Waals surface area contributed by atoms with Crippen molar-refractivity contribution in [3.8, 4) is 5.75 Å². The molecule has 0 radical (unpaired) electrons. The standard InChI is InChI=1S/C19H23N3O4S.ClH/c1-26-17-9-7-15(8-10-17)22-27(24,25)18-6-2-4-14(12-18)19(23)21-13-16-5-3-11-20-16;/h2,4,6-10,12,16,20,22H,3,5,11,13H2,1H3,(H,21,23);1H. The Morgan fingerprint density at radius 2 is 1.96 bits per heavy atom. The van der Waals surface area contributed by atoms with E-state index >= 15 is 0 Å². The first kappa shape index (κ1) is 22.0. The molecule has 0 aromatic heterocycles. The molecule has 0 aliphatic carbocycles. The Bertz CT molecular complexity index is 898. The smallest absolute Gasteiger partial charge is 0.261 e. The minimum Gasteiger partial charge on any atom is -0.497 e. The zero-order chi connectivity index (χ0) is 19.3. The molecule has 7 nitrogen and oxygen atoms in total. The van der Waals surface area contributed by atoms with Crippen LogP contribution in [0.1, 0.15) is 23.2 Å².